The summed E-state index contributed by atoms with van der Waals surface area (Å²) < 4.78 is 98.6. The molecule has 0 bridgehead atoms. The number of benzene rings is 4. The van der Waals surface area contributed by atoms with Crippen LogP contribution in [0.15, 0.2) is 72.5 Å². The van der Waals surface area contributed by atoms with Gasteiger partial charge in [-0.05, 0) is 45.7 Å². The zero-order chi connectivity index (χ0) is 26.7. The molecule has 0 heterocycles. The second-order valence-electron chi connectivity index (χ2n) is 5.16. The number of hydrogen-bond donors (Lipinski definition) is 0. The zero-order valence-electron chi connectivity index (χ0n) is 23.8. The minimum absolute atomic E-state index is 0.449. The predicted molar refractivity (Wildman–Crippen MR) is 94.8 cm³/mol. The number of carbonyl (C=O) groups is 2. The standard InChI is InChI=1S/C22H12O2/c23-21-17-9-13-5-1-2-6-14(13)10-18(17)22(24)20-12-16-8-4-3-7-15(16)11-19(20)21/h1-12H/i1D,2D,3D,4D,5D,6D,7D,8D,9D,10D,11D,12D. The maximum Gasteiger partial charge on any atom is 0.194 e. The second-order valence-corrected chi connectivity index (χ2v) is 5.16. The van der Waals surface area contributed by atoms with Crippen molar-refractivity contribution in [2.45, 2.75) is 0 Å². The van der Waals surface area contributed by atoms with Gasteiger partial charge in [-0.2, -0.15) is 0 Å². The van der Waals surface area contributed by atoms with E-state index in [1.807, 2.05) is 0 Å². The van der Waals surface area contributed by atoms with Crippen molar-refractivity contribution in [2.24, 2.45) is 0 Å². The Bertz CT molecular complexity index is 1540. The third-order valence-corrected chi connectivity index (χ3v) is 3.78. The highest BCUT2D eigenvalue weighted by atomic mass is 16.1. The van der Waals surface area contributed by atoms with Crippen molar-refractivity contribution in [2.75, 3.05) is 0 Å². The van der Waals surface area contributed by atoms with Gasteiger partial charge in [0, 0.05) is 22.3 Å². The fourth-order valence-electron chi connectivity index (χ4n) is 2.68. The highest BCUT2D eigenvalue weighted by Crippen LogP contribution is 2.32. The van der Waals surface area contributed by atoms with E-state index in [1.165, 1.54) is 0 Å². The molecule has 4 aromatic rings. The Balaban J connectivity index is 2.03. The van der Waals surface area contributed by atoms with Crippen LogP contribution < -0.4 is 0 Å². The summed E-state index contributed by atoms with van der Waals surface area (Å²) in [4.78, 5) is 27.3. The molecule has 4 aromatic carbocycles. The molecule has 112 valence electrons. The van der Waals surface area contributed by atoms with E-state index in [4.69, 9.17) is 16.4 Å². The molecule has 5 rings (SSSR count). The lowest BCUT2D eigenvalue weighted by atomic mass is 9.81. The molecule has 0 N–H and O–H groups in total. The Kier molecular flexibility index (Phi) is 1.15. The van der Waals surface area contributed by atoms with E-state index in [0.29, 0.717) is 0 Å². The molecule has 1 aliphatic rings. The largest absolute Gasteiger partial charge is 0.289 e. The van der Waals surface area contributed by atoms with E-state index in [1.54, 1.807) is 0 Å². The molecule has 2 nitrogen and oxygen atoms in total. The lowest BCUT2D eigenvalue weighted by molar-refractivity contribution is 0.0979. The molecule has 0 unspecified atom stereocenters. The maximum absolute atomic E-state index is 13.6. The molecule has 1 aliphatic carbocycles. The Labute approximate surface area is 155 Å². The van der Waals surface area contributed by atoms with Crippen molar-refractivity contribution in [1.82, 2.24) is 0 Å². The van der Waals surface area contributed by atoms with E-state index in [0.717, 1.165) is 0 Å². The molecule has 0 amide bonds. The summed E-state index contributed by atoms with van der Waals surface area (Å²) >= 11 is 0. The minimum atomic E-state index is -1.12. The van der Waals surface area contributed by atoms with Gasteiger partial charge in [0.25, 0.3) is 0 Å². The monoisotopic (exact) mass is 320 g/mol. The minimum Gasteiger partial charge on any atom is -0.289 e. The SMILES string of the molecule is [2H]c1c([2H])c([2H])c2c([2H])c3c(c([2H])c2c1[2H])C(=O)c1c(c([2H])c2c([2H])c([2H])c([2H])c([2H])c2c1[2H])C3=O. The summed E-state index contributed by atoms with van der Waals surface area (Å²) in [6, 6.07) is -8.51. The van der Waals surface area contributed by atoms with E-state index in [9.17, 15) is 9.59 Å². The topological polar surface area (TPSA) is 34.1 Å². The van der Waals surface area contributed by atoms with Crippen LogP contribution in [0.2, 0.25) is 0 Å². The average Bonchev–Trinajstić information content (AvgIpc) is 2.83. The fraction of sp³-hybridized carbons (Fsp3) is 0. The summed E-state index contributed by atoms with van der Waals surface area (Å²) in [7, 11) is 0. The molecule has 2 heteroatoms. The average molecular weight is 320 g/mol. The number of rotatable bonds is 0. The van der Waals surface area contributed by atoms with E-state index in [-0.39, 0.29) is 0 Å². The number of hydrogen-bond acceptors (Lipinski definition) is 2. The molecule has 24 heavy (non-hydrogen) atoms. The second kappa shape index (κ2) is 4.62. The summed E-state index contributed by atoms with van der Waals surface area (Å²) in [5.41, 5.74) is -2.66. The highest BCUT2D eigenvalue weighted by molar-refractivity contribution is 6.30. The summed E-state index contributed by atoms with van der Waals surface area (Å²) in [6.07, 6.45) is 0. The van der Waals surface area contributed by atoms with Crippen LogP contribution in [0.5, 0.6) is 0 Å². The van der Waals surface area contributed by atoms with Crippen LogP contribution in [-0.4, -0.2) is 11.6 Å². The number of fused-ring (bicyclic) bond motifs is 4. The van der Waals surface area contributed by atoms with Crippen molar-refractivity contribution in [3.8, 4) is 0 Å². The van der Waals surface area contributed by atoms with Gasteiger partial charge in [0.15, 0.2) is 11.6 Å². The molecular formula is C22H12O2. The van der Waals surface area contributed by atoms with E-state index >= 15 is 0 Å². The molecule has 0 saturated heterocycles. The maximum atomic E-state index is 13.6. The molecular weight excluding hydrogens is 296 g/mol. The van der Waals surface area contributed by atoms with Gasteiger partial charge in [0.05, 0.1) is 16.4 Å². The van der Waals surface area contributed by atoms with Gasteiger partial charge in [0.1, 0.15) is 0 Å². The van der Waals surface area contributed by atoms with Crippen molar-refractivity contribution in [3.05, 3.63) is 94.8 Å². The van der Waals surface area contributed by atoms with Gasteiger partial charge >= 0.3 is 0 Å². The van der Waals surface area contributed by atoms with Crippen molar-refractivity contribution in [3.63, 3.8) is 0 Å². The normalized spacial score (nSPS) is 20.2. The van der Waals surface area contributed by atoms with Crippen LogP contribution in [0.4, 0.5) is 0 Å². The summed E-state index contributed by atoms with van der Waals surface area (Å²) in [6.45, 7) is 0. The van der Waals surface area contributed by atoms with Crippen LogP contribution in [0.3, 0.4) is 0 Å². The molecule has 0 radical (unpaired) electrons. The molecule has 0 fully saturated rings. The number of ketones is 2. The number of carbonyl (C=O) groups excluding carboxylic acids is 2. The smallest absolute Gasteiger partial charge is 0.194 e. The van der Waals surface area contributed by atoms with Gasteiger partial charge in [-0.3, -0.25) is 9.59 Å². The summed E-state index contributed by atoms with van der Waals surface area (Å²) in [5, 5.41) is -1.80. The van der Waals surface area contributed by atoms with Crippen LogP contribution >= 0.6 is 0 Å². The van der Waals surface area contributed by atoms with Crippen LogP contribution in [0.1, 0.15) is 48.3 Å². The van der Waals surface area contributed by atoms with Crippen LogP contribution in [0.25, 0.3) is 21.5 Å². The Morgan fingerprint density at radius 1 is 0.500 bits per heavy atom. The quantitative estimate of drug-likeness (QED) is 0.412. The molecule has 0 saturated carbocycles. The van der Waals surface area contributed by atoms with Gasteiger partial charge < -0.3 is 0 Å². The van der Waals surface area contributed by atoms with Gasteiger partial charge in [-0.25, -0.2) is 0 Å². The Morgan fingerprint density at radius 3 is 1.00 bits per heavy atom. The lowest BCUT2D eigenvalue weighted by Crippen LogP contribution is -2.20. The summed E-state index contributed by atoms with van der Waals surface area (Å²) in [5.74, 6) is -2.25. The van der Waals surface area contributed by atoms with Gasteiger partial charge in [-0.15, -0.1) is 0 Å². The first kappa shape index (κ1) is 5.99. The highest BCUT2D eigenvalue weighted by Gasteiger charge is 2.30. The Hall–Kier alpha value is -3.26. The first-order chi connectivity index (χ1) is 16.7. The van der Waals surface area contributed by atoms with E-state index in [2.05, 4.69) is 0 Å². The third kappa shape index (κ3) is 1.71. The fourth-order valence-corrected chi connectivity index (χ4v) is 2.68. The Morgan fingerprint density at radius 2 is 0.750 bits per heavy atom. The van der Waals surface area contributed by atoms with Crippen molar-refractivity contribution < 1.29 is 26.0 Å². The molecule has 0 atom stereocenters. The first-order valence-electron chi connectivity index (χ1n) is 12.9. The zero-order valence-corrected chi connectivity index (χ0v) is 11.8. The third-order valence-electron chi connectivity index (χ3n) is 3.78. The van der Waals surface area contributed by atoms with Crippen LogP contribution in [-0.2, 0) is 0 Å². The van der Waals surface area contributed by atoms with Crippen LogP contribution in [0, 0.1) is 0 Å². The molecule has 0 aliphatic heterocycles. The molecule has 0 aromatic heterocycles. The van der Waals surface area contributed by atoms with Gasteiger partial charge in [-0.1, -0.05) is 48.3 Å². The lowest BCUT2D eigenvalue weighted by Gasteiger charge is -2.19. The first-order valence-corrected chi connectivity index (χ1v) is 6.91. The van der Waals surface area contributed by atoms with E-state index < -0.39 is 128 Å². The van der Waals surface area contributed by atoms with Crippen molar-refractivity contribution >= 4 is 33.1 Å². The predicted octanol–water partition coefficient (Wildman–Crippen LogP) is 4.77. The molecule has 0 spiro atoms. The van der Waals surface area contributed by atoms with Gasteiger partial charge in [0.2, 0.25) is 0 Å². The van der Waals surface area contributed by atoms with Crippen molar-refractivity contribution in [1.29, 1.82) is 0 Å².